The number of nitrogens with two attached hydrogens (primary N) is 1. The molecule has 0 saturated heterocycles. The van der Waals surface area contributed by atoms with E-state index >= 15 is 0 Å². The summed E-state index contributed by atoms with van der Waals surface area (Å²) in [6.45, 7) is 1.79. The molecule has 1 atom stereocenters. The highest BCUT2D eigenvalue weighted by atomic mass is 35.5. The second kappa shape index (κ2) is 4.35. The number of halogens is 1. The average Bonchev–Trinajstić information content (AvgIpc) is 2.69. The van der Waals surface area contributed by atoms with Gasteiger partial charge < -0.3 is 14.9 Å². The molecule has 90 valence electrons. The Labute approximate surface area is 103 Å². The Hall–Kier alpha value is -1.59. The van der Waals surface area contributed by atoms with E-state index in [4.69, 9.17) is 17.3 Å². The maximum atomic E-state index is 11.6. The van der Waals surface area contributed by atoms with Crippen LogP contribution in [-0.2, 0) is 4.74 Å². The molecule has 0 fully saturated rings. The maximum Gasteiger partial charge on any atom is 0.358 e. The number of hydrogen-bond acceptors (Lipinski definition) is 4. The van der Waals surface area contributed by atoms with Crippen molar-refractivity contribution in [3.05, 3.63) is 34.9 Å². The molecule has 2 aromatic rings. The molecular formula is C11H12ClN3O2. The first kappa shape index (κ1) is 11.9. The minimum atomic E-state index is -0.525. The van der Waals surface area contributed by atoms with Gasteiger partial charge in [-0.05, 0) is 19.1 Å². The Morgan fingerprint density at radius 1 is 1.65 bits per heavy atom. The summed E-state index contributed by atoms with van der Waals surface area (Å²) in [6, 6.07) is 3.15. The van der Waals surface area contributed by atoms with Crippen LogP contribution in [-0.4, -0.2) is 22.5 Å². The van der Waals surface area contributed by atoms with Crippen molar-refractivity contribution in [1.82, 2.24) is 9.38 Å². The highest BCUT2D eigenvalue weighted by molar-refractivity contribution is 6.34. The third-order valence-electron chi connectivity index (χ3n) is 2.43. The monoisotopic (exact) mass is 253 g/mol. The van der Waals surface area contributed by atoms with Gasteiger partial charge in [-0.25, -0.2) is 9.78 Å². The summed E-state index contributed by atoms with van der Waals surface area (Å²) < 4.78 is 6.39. The molecule has 5 nitrogen and oxygen atoms in total. The predicted molar refractivity (Wildman–Crippen MR) is 64.1 cm³/mol. The molecule has 0 aliphatic heterocycles. The second-order valence-corrected chi connectivity index (χ2v) is 4.08. The van der Waals surface area contributed by atoms with Crippen molar-refractivity contribution < 1.29 is 9.53 Å². The Morgan fingerprint density at radius 3 is 2.94 bits per heavy atom. The van der Waals surface area contributed by atoms with Gasteiger partial charge in [-0.3, -0.25) is 0 Å². The number of imidazole rings is 1. The lowest BCUT2D eigenvalue weighted by Crippen LogP contribution is -2.09. The van der Waals surface area contributed by atoms with E-state index in [0.29, 0.717) is 16.4 Å². The summed E-state index contributed by atoms with van der Waals surface area (Å²) in [7, 11) is 1.30. The standard InChI is InChI=1S/C11H12ClN3O2/c1-6(13)10-14-8(11(16)17-2)9-7(12)4-3-5-15(9)10/h3-6H,13H2,1-2H3. The molecule has 0 aromatic carbocycles. The molecule has 1 unspecified atom stereocenters. The van der Waals surface area contributed by atoms with Crippen LogP contribution in [0.1, 0.15) is 29.3 Å². The number of methoxy groups -OCH3 is 1. The van der Waals surface area contributed by atoms with Gasteiger partial charge in [-0.15, -0.1) is 0 Å². The molecule has 0 aliphatic rings. The van der Waals surface area contributed by atoms with Crippen LogP contribution in [0.2, 0.25) is 5.02 Å². The third-order valence-corrected chi connectivity index (χ3v) is 2.73. The largest absolute Gasteiger partial charge is 0.464 e. The number of esters is 1. The lowest BCUT2D eigenvalue weighted by molar-refractivity contribution is 0.0597. The number of aromatic nitrogens is 2. The zero-order valence-corrected chi connectivity index (χ0v) is 10.2. The molecule has 0 saturated carbocycles. The Balaban J connectivity index is 2.80. The molecule has 0 amide bonds. The molecule has 17 heavy (non-hydrogen) atoms. The van der Waals surface area contributed by atoms with Crippen LogP contribution >= 0.6 is 11.6 Å². The van der Waals surface area contributed by atoms with Crippen molar-refractivity contribution in [3.63, 3.8) is 0 Å². The number of rotatable bonds is 2. The van der Waals surface area contributed by atoms with E-state index in [1.165, 1.54) is 7.11 Å². The fourth-order valence-corrected chi connectivity index (χ4v) is 1.94. The molecule has 2 heterocycles. The number of nitrogens with zero attached hydrogens (tertiary/aromatic N) is 2. The third kappa shape index (κ3) is 1.87. The van der Waals surface area contributed by atoms with Gasteiger partial charge >= 0.3 is 5.97 Å². The summed E-state index contributed by atoms with van der Waals surface area (Å²) in [5.74, 6) is 0.0467. The minimum absolute atomic E-state index is 0.186. The van der Waals surface area contributed by atoms with Gasteiger partial charge in [0.15, 0.2) is 5.69 Å². The Kier molecular flexibility index (Phi) is 3.04. The van der Waals surface area contributed by atoms with Crippen LogP contribution in [0.25, 0.3) is 5.52 Å². The van der Waals surface area contributed by atoms with Gasteiger partial charge in [0, 0.05) is 6.20 Å². The number of hydrogen-bond donors (Lipinski definition) is 1. The molecule has 0 bridgehead atoms. The van der Waals surface area contributed by atoms with Gasteiger partial charge in [-0.1, -0.05) is 11.6 Å². The molecule has 2 rings (SSSR count). The fourth-order valence-electron chi connectivity index (χ4n) is 1.68. The van der Waals surface area contributed by atoms with Crippen molar-refractivity contribution in [2.24, 2.45) is 5.73 Å². The van der Waals surface area contributed by atoms with Crippen LogP contribution in [0.4, 0.5) is 0 Å². The van der Waals surface area contributed by atoms with Crippen LogP contribution < -0.4 is 5.73 Å². The fraction of sp³-hybridized carbons (Fsp3) is 0.273. The number of fused-ring (bicyclic) bond motifs is 1. The predicted octanol–water partition coefficient (Wildman–Crippen LogP) is 1.79. The van der Waals surface area contributed by atoms with Gasteiger partial charge in [0.2, 0.25) is 0 Å². The summed E-state index contributed by atoms with van der Waals surface area (Å²) in [5, 5.41) is 0.437. The van der Waals surface area contributed by atoms with Crippen LogP contribution in [0.5, 0.6) is 0 Å². The van der Waals surface area contributed by atoms with Gasteiger partial charge in [0.1, 0.15) is 5.82 Å². The van der Waals surface area contributed by atoms with E-state index in [2.05, 4.69) is 9.72 Å². The van der Waals surface area contributed by atoms with Crippen molar-refractivity contribution in [2.45, 2.75) is 13.0 Å². The first-order valence-corrected chi connectivity index (χ1v) is 5.44. The first-order chi connectivity index (χ1) is 8.06. The van der Waals surface area contributed by atoms with Gasteiger partial charge in [-0.2, -0.15) is 0 Å². The van der Waals surface area contributed by atoms with Crippen LogP contribution in [0.3, 0.4) is 0 Å². The number of carbonyl (C=O) groups excluding carboxylic acids is 1. The molecule has 6 heteroatoms. The smallest absolute Gasteiger partial charge is 0.358 e. The van der Waals surface area contributed by atoms with Crippen molar-refractivity contribution in [3.8, 4) is 0 Å². The summed E-state index contributed by atoms with van der Waals surface area (Å²) in [6.07, 6.45) is 1.76. The quantitative estimate of drug-likeness (QED) is 0.829. The zero-order valence-electron chi connectivity index (χ0n) is 9.48. The summed E-state index contributed by atoms with van der Waals surface area (Å²) >= 11 is 6.07. The zero-order chi connectivity index (χ0) is 12.6. The highest BCUT2D eigenvalue weighted by Gasteiger charge is 2.21. The van der Waals surface area contributed by atoms with E-state index in [-0.39, 0.29) is 11.7 Å². The van der Waals surface area contributed by atoms with E-state index in [1.807, 2.05) is 0 Å². The van der Waals surface area contributed by atoms with Crippen molar-refractivity contribution in [1.29, 1.82) is 0 Å². The van der Waals surface area contributed by atoms with Crippen molar-refractivity contribution >= 4 is 23.1 Å². The molecule has 0 radical (unpaired) electrons. The number of ether oxygens (including phenoxy) is 1. The topological polar surface area (TPSA) is 69.6 Å². The van der Waals surface area contributed by atoms with Gasteiger partial charge in [0.05, 0.1) is 23.7 Å². The molecule has 2 N–H and O–H groups in total. The SMILES string of the molecule is COC(=O)c1nc(C(C)N)n2cccc(Cl)c12. The van der Waals surface area contributed by atoms with E-state index in [1.54, 1.807) is 29.7 Å². The lowest BCUT2D eigenvalue weighted by atomic mass is 10.3. The molecule has 0 aliphatic carbocycles. The maximum absolute atomic E-state index is 11.6. The van der Waals surface area contributed by atoms with Crippen LogP contribution in [0.15, 0.2) is 18.3 Å². The van der Waals surface area contributed by atoms with Crippen molar-refractivity contribution in [2.75, 3.05) is 7.11 Å². The normalized spacial score (nSPS) is 12.7. The minimum Gasteiger partial charge on any atom is -0.464 e. The first-order valence-electron chi connectivity index (χ1n) is 5.06. The Bertz CT molecular complexity index is 577. The van der Waals surface area contributed by atoms with Crippen LogP contribution in [0, 0.1) is 0 Å². The lowest BCUT2D eigenvalue weighted by Gasteiger charge is -2.04. The van der Waals surface area contributed by atoms with E-state index in [0.717, 1.165) is 0 Å². The molecule has 0 spiro atoms. The summed E-state index contributed by atoms with van der Waals surface area (Å²) in [5.41, 5.74) is 6.51. The van der Waals surface area contributed by atoms with E-state index in [9.17, 15) is 4.79 Å². The highest BCUT2D eigenvalue weighted by Crippen LogP contribution is 2.24. The number of carbonyl (C=O) groups is 1. The van der Waals surface area contributed by atoms with E-state index < -0.39 is 5.97 Å². The molecule has 2 aromatic heterocycles. The molecular weight excluding hydrogens is 242 g/mol. The Morgan fingerprint density at radius 2 is 2.35 bits per heavy atom. The van der Waals surface area contributed by atoms with Gasteiger partial charge in [0.25, 0.3) is 0 Å². The second-order valence-electron chi connectivity index (χ2n) is 3.67. The average molecular weight is 254 g/mol. The number of pyridine rings is 1. The summed E-state index contributed by atoms with van der Waals surface area (Å²) in [4.78, 5) is 15.8.